The molecule has 0 aromatic carbocycles. The molecule has 4 rings (SSSR count). The molecule has 0 unspecified atom stereocenters. The average molecular weight is 395 g/mol. The standard InChI is InChI=1S/C21H19F2N5O/c22-20(23)7-16-6-14-11-28(12-15(14)10-26-16)21(29)8-19-17(24)3-4-18(27-19)13-2-1-5-25-9-13/h1-6,9-10,20H,7-8,11-12,24H2. The van der Waals surface area contributed by atoms with Gasteiger partial charge in [0.2, 0.25) is 12.3 Å². The van der Waals surface area contributed by atoms with E-state index in [2.05, 4.69) is 15.0 Å². The molecule has 1 amide bonds. The van der Waals surface area contributed by atoms with Crippen LogP contribution in [0.25, 0.3) is 11.3 Å². The van der Waals surface area contributed by atoms with E-state index in [4.69, 9.17) is 5.73 Å². The second-order valence-corrected chi connectivity index (χ2v) is 6.94. The lowest BCUT2D eigenvalue weighted by Gasteiger charge is -2.16. The van der Waals surface area contributed by atoms with Crippen LogP contribution >= 0.6 is 0 Å². The molecule has 4 heterocycles. The molecule has 0 bridgehead atoms. The third-order valence-corrected chi connectivity index (χ3v) is 4.86. The average Bonchev–Trinajstić information content (AvgIpc) is 3.13. The van der Waals surface area contributed by atoms with E-state index in [1.807, 2.05) is 12.1 Å². The van der Waals surface area contributed by atoms with Gasteiger partial charge in [0.15, 0.2) is 0 Å². The molecule has 2 N–H and O–H groups in total. The summed E-state index contributed by atoms with van der Waals surface area (Å²) in [5.74, 6) is -0.126. The van der Waals surface area contributed by atoms with E-state index in [0.29, 0.717) is 35.9 Å². The Kier molecular flexibility index (Phi) is 5.16. The number of halogens is 2. The molecule has 0 fully saturated rings. The van der Waals surface area contributed by atoms with Crippen LogP contribution < -0.4 is 5.73 Å². The first kappa shape index (κ1) is 18.9. The van der Waals surface area contributed by atoms with Crippen molar-refractivity contribution >= 4 is 11.6 Å². The fourth-order valence-electron chi connectivity index (χ4n) is 3.36. The monoisotopic (exact) mass is 395 g/mol. The van der Waals surface area contributed by atoms with Gasteiger partial charge in [-0.15, -0.1) is 0 Å². The minimum absolute atomic E-state index is 0.0608. The zero-order valence-corrected chi connectivity index (χ0v) is 15.6. The number of rotatable bonds is 5. The summed E-state index contributed by atoms with van der Waals surface area (Å²) in [5.41, 5.74) is 10.6. The molecule has 1 aliphatic rings. The normalized spacial score (nSPS) is 13.0. The Bertz CT molecular complexity index is 1040. The van der Waals surface area contributed by atoms with Crippen molar-refractivity contribution in [3.63, 3.8) is 0 Å². The number of nitrogen functional groups attached to an aromatic ring is 1. The van der Waals surface area contributed by atoms with Crippen LogP contribution in [0.4, 0.5) is 14.5 Å². The van der Waals surface area contributed by atoms with Crippen molar-refractivity contribution in [1.29, 1.82) is 0 Å². The van der Waals surface area contributed by atoms with Gasteiger partial charge in [-0.25, -0.2) is 8.78 Å². The summed E-state index contributed by atoms with van der Waals surface area (Å²) < 4.78 is 25.2. The van der Waals surface area contributed by atoms with Crippen LogP contribution in [0.5, 0.6) is 0 Å². The molecule has 29 heavy (non-hydrogen) atoms. The summed E-state index contributed by atoms with van der Waals surface area (Å²) >= 11 is 0. The lowest BCUT2D eigenvalue weighted by molar-refractivity contribution is -0.131. The lowest BCUT2D eigenvalue weighted by Crippen LogP contribution is -2.27. The highest BCUT2D eigenvalue weighted by Gasteiger charge is 2.25. The minimum Gasteiger partial charge on any atom is -0.397 e. The summed E-state index contributed by atoms with van der Waals surface area (Å²) in [6, 6.07) is 8.89. The van der Waals surface area contributed by atoms with Crippen LogP contribution in [0, 0.1) is 0 Å². The number of aromatic nitrogens is 3. The van der Waals surface area contributed by atoms with Gasteiger partial charge in [-0.05, 0) is 41.5 Å². The van der Waals surface area contributed by atoms with Crippen molar-refractivity contribution in [2.75, 3.05) is 5.73 Å². The quantitative estimate of drug-likeness (QED) is 0.718. The number of nitrogens with two attached hydrogens (primary N) is 1. The number of alkyl halides is 2. The maximum Gasteiger partial charge on any atom is 0.244 e. The third kappa shape index (κ3) is 4.21. The maximum atomic E-state index is 12.8. The van der Waals surface area contributed by atoms with E-state index < -0.39 is 6.43 Å². The lowest BCUT2D eigenvalue weighted by atomic mass is 10.1. The topological polar surface area (TPSA) is 85.0 Å². The van der Waals surface area contributed by atoms with E-state index in [-0.39, 0.29) is 18.7 Å². The zero-order chi connectivity index (χ0) is 20.4. The number of amides is 1. The van der Waals surface area contributed by atoms with Gasteiger partial charge in [0.05, 0.1) is 29.9 Å². The van der Waals surface area contributed by atoms with Crippen LogP contribution in [0.15, 0.2) is 48.9 Å². The molecule has 3 aromatic heterocycles. The molecular formula is C21H19F2N5O. The zero-order valence-electron chi connectivity index (χ0n) is 15.6. The van der Waals surface area contributed by atoms with Gasteiger partial charge < -0.3 is 10.6 Å². The second-order valence-electron chi connectivity index (χ2n) is 6.94. The Morgan fingerprint density at radius 1 is 1.17 bits per heavy atom. The highest BCUT2D eigenvalue weighted by atomic mass is 19.3. The van der Waals surface area contributed by atoms with Crippen molar-refractivity contribution < 1.29 is 13.6 Å². The number of hydrogen-bond donors (Lipinski definition) is 1. The molecule has 0 spiro atoms. The number of pyridine rings is 3. The fourth-order valence-corrected chi connectivity index (χ4v) is 3.36. The third-order valence-electron chi connectivity index (χ3n) is 4.86. The minimum atomic E-state index is -2.44. The molecule has 3 aromatic rings. The fraction of sp³-hybridized carbons (Fsp3) is 0.238. The molecule has 8 heteroatoms. The Morgan fingerprint density at radius 3 is 2.76 bits per heavy atom. The highest BCUT2D eigenvalue weighted by molar-refractivity contribution is 5.80. The molecule has 0 atom stereocenters. The smallest absolute Gasteiger partial charge is 0.244 e. The van der Waals surface area contributed by atoms with Gasteiger partial charge in [-0.3, -0.25) is 19.7 Å². The molecule has 6 nitrogen and oxygen atoms in total. The van der Waals surface area contributed by atoms with Crippen LogP contribution in [-0.2, 0) is 30.7 Å². The molecule has 0 saturated carbocycles. The highest BCUT2D eigenvalue weighted by Crippen LogP contribution is 2.25. The summed E-state index contributed by atoms with van der Waals surface area (Å²) in [7, 11) is 0. The SMILES string of the molecule is Nc1ccc(-c2cccnc2)nc1CC(=O)N1Cc2cnc(CC(F)F)cc2C1. The van der Waals surface area contributed by atoms with Crippen LogP contribution in [0.2, 0.25) is 0 Å². The van der Waals surface area contributed by atoms with Crippen molar-refractivity contribution in [3.8, 4) is 11.3 Å². The molecule has 0 radical (unpaired) electrons. The number of carbonyl (C=O) groups is 1. The number of hydrogen-bond acceptors (Lipinski definition) is 5. The van der Waals surface area contributed by atoms with Crippen LogP contribution in [0.3, 0.4) is 0 Å². The first-order valence-electron chi connectivity index (χ1n) is 9.18. The molecule has 0 saturated heterocycles. The summed E-state index contributed by atoms with van der Waals surface area (Å²) in [5, 5.41) is 0. The molecule has 1 aliphatic heterocycles. The first-order chi connectivity index (χ1) is 14.0. The number of fused-ring (bicyclic) bond motifs is 1. The van der Waals surface area contributed by atoms with Gasteiger partial charge in [0.1, 0.15) is 0 Å². The van der Waals surface area contributed by atoms with Gasteiger partial charge >= 0.3 is 0 Å². The maximum absolute atomic E-state index is 12.8. The van der Waals surface area contributed by atoms with Crippen molar-refractivity contribution in [3.05, 3.63) is 71.4 Å². The number of carbonyl (C=O) groups excluding carboxylic acids is 1. The van der Waals surface area contributed by atoms with Gasteiger partial charge in [-0.2, -0.15) is 0 Å². The molecular weight excluding hydrogens is 376 g/mol. The van der Waals surface area contributed by atoms with Crippen molar-refractivity contribution in [2.45, 2.75) is 32.4 Å². The summed E-state index contributed by atoms with van der Waals surface area (Å²) in [6.45, 7) is 0.771. The molecule has 0 aliphatic carbocycles. The number of anilines is 1. The van der Waals surface area contributed by atoms with Crippen molar-refractivity contribution in [2.24, 2.45) is 0 Å². The van der Waals surface area contributed by atoms with E-state index in [0.717, 1.165) is 16.7 Å². The van der Waals surface area contributed by atoms with E-state index >= 15 is 0 Å². The second kappa shape index (κ2) is 7.90. The Hall–Kier alpha value is -3.42. The Labute approximate surface area is 166 Å². The first-order valence-corrected chi connectivity index (χ1v) is 9.18. The van der Waals surface area contributed by atoms with Crippen molar-refractivity contribution in [1.82, 2.24) is 19.9 Å². The largest absolute Gasteiger partial charge is 0.397 e. The van der Waals surface area contributed by atoms with E-state index in [1.165, 1.54) is 0 Å². The summed E-state index contributed by atoms with van der Waals surface area (Å²) in [6.07, 6.45) is 2.19. The van der Waals surface area contributed by atoms with Gasteiger partial charge in [0, 0.05) is 42.9 Å². The Balaban J connectivity index is 1.48. The predicted octanol–water partition coefficient (Wildman–Crippen LogP) is 3.01. The van der Waals surface area contributed by atoms with E-state index in [1.54, 1.807) is 41.7 Å². The van der Waals surface area contributed by atoms with Crippen LogP contribution in [0.1, 0.15) is 22.5 Å². The van der Waals surface area contributed by atoms with Crippen LogP contribution in [-0.4, -0.2) is 32.2 Å². The Morgan fingerprint density at radius 2 is 2.00 bits per heavy atom. The number of nitrogens with zero attached hydrogens (tertiary/aromatic N) is 4. The molecule has 148 valence electrons. The summed E-state index contributed by atoms with van der Waals surface area (Å²) in [4.78, 5) is 27.2. The predicted molar refractivity (Wildman–Crippen MR) is 104 cm³/mol. The van der Waals surface area contributed by atoms with Gasteiger partial charge in [0.25, 0.3) is 0 Å². The van der Waals surface area contributed by atoms with Gasteiger partial charge in [-0.1, -0.05) is 0 Å². The van der Waals surface area contributed by atoms with E-state index in [9.17, 15) is 13.6 Å².